The van der Waals surface area contributed by atoms with E-state index < -0.39 is 11.9 Å². The number of carboxylic acids is 1. The monoisotopic (exact) mass is 267 g/mol. The van der Waals surface area contributed by atoms with Crippen LogP contribution in [-0.4, -0.2) is 23.0 Å². The first-order valence-electron chi connectivity index (χ1n) is 7.59. The van der Waals surface area contributed by atoms with E-state index in [2.05, 4.69) is 19.2 Å². The van der Waals surface area contributed by atoms with Crippen molar-refractivity contribution in [3.05, 3.63) is 0 Å². The number of aliphatic carboxylic acids is 1. The molecule has 2 fully saturated rings. The summed E-state index contributed by atoms with van der Waals surface area (Å²) in [7, 11) is 0. The molecule has 0 bridgehead atoms. The van der Waals surface area contributed by atoms with Crippen molar-refractivity contribution in [2.24, 2.45) is 23.7 Å². The maximum absolute atomic E-state index is 12.2. The summed E-state index contributed by atoms with van der Waals surface area (Å²) in [5.41, 5.74) is 0. The van der Waals surface area contributed by atoms with Gasteiger partial charge in [-0.25, -0.2) is 0 Å². The summed E-state index contributed by atoms with van der Waals surface area (Å²) in [5, 5.41) is 12.3. The number of rotatable bonds is 6. The molecule has 5 unspecified atom stereocenters. The van der Waals surface area contributed by atoms with E-state index in [9.17, 15) is 14.7 Å². The molecule has 2 saturated carbocycles. The van der Waals surface area contributed by atoms with Gasteiger partial charge in [0.05, 0.1) is 11.8 Å². The second-order valence-electron chi connectivity index (χ2n) is 6.20. The molecule has 0 aliphatic heterocycles. The van der Waals surface area contributed by atoms with Gasteiger partial charge in [-0.15, -0.1) is 0 Å². The quantitative estimate of drug-likeness (QED) is 0.776. The smallest absolute Gasteiger partial charge is 0.307 e. The van der Waals surface area contributed by atoms with E-state index in [1.54, 1.807) is 0 Å². The van der Waals surface area contributed by atoms with Crippen LogP contribution in [0.25, 0.3) is 0 Å². The third-order valence-electron chi connectivity index (χ3n) is 4.80. The maximum Gasteiger partial charge on any atom is 0.307 e. The van der Waals surface area contributed by atoms with Gasteiger partial charge in [0.2, 0.25) is 5.91 Å². The summed E-state index contributed by atoms with van der Waals surface area (Å²) < 4.78 is 0. The zero-order valence-corrected chi connectivity index (χ0v) is 11.9. The zero-order chi connectivity index (χ0) is 14.0. The minimum Gasteiger partial charge on any atom is -0.481 e. The predicted octanol–water partition coefficient (Wildman–Crippen LogP) is 2.43. The first kappa shape index (κ1) is 14.4. The highest BCUT2D eigenvalue weighted by Gasteiger charge is 2.45. The third-order valence-corrected chi connectivity index (χ3v) is 4.80. The molecule has 2 rings (SSSR count). The Bertz CT molecular complexity index is 355. The van der Waals surface area contributed by atoms with E-state index in [1.807, 2.05) is 0 Å². The molecule has 0 saturated heterocycles. The number of carbonyl (C=O) groups excluding carboxylic acids is 1. The molecule has 4 heteroatoms. The first-order chi connectivity index (χ1) is 9.06. The first-order valence-corrected chi connectivity index (χ1v) is 7.59. The lowest BCUT2D eigenvalue weighted by Gasteiger charge is -2.15. The maximum atomic E-state index is 12.2. The Hall–Kier alpha value is -1.06. The fourth-order valence-electron chi connectivity index (χ4n) is 3.44. The van der Waals surface area contributed by atoms with Crippen molar-refractivity contribution in [2.45, 2.75) is 58.4 Å². The van der Waals surface area contributed by atoms with Crippen LogP contribution in [0.1, 0.15) is 52.4 Å². The predicted molar refractivity (Wildman–Crippen MR) is 72.6 cm³/mol. The molecule has 2 N–H and O–H groups in total. The molecular formula is C15H25NO3. The summed E-state index contributed by atoms with van der Waals surface area (Å²) in [4.78, 5) is 23.5. The van der Waals surface area contributed by atoms with Gasteiger partial charge in [0, 0.05) is 6.04 Å². The molecular weight excluding hydrogens is 242 g/mol. The molecule has 2 aliphatic rings. The Labute approximate surface area is 115 Å². The molecule has 5 atom stereocenters. The van der Waals surface area contributed by atoms with Crippen molar-refractivity contribution in [3.8, 4) is 0 Å². The molecule has 0 aromatic rings. The average molecular weight is 267 g/mol. The van der Waals surface area contributed by atoms with Gasteiger partial charge in [-0.1, -0.05) is 26.7 Å². The van der Waals surface area contributed by atoms with Crippen molar-refractivity contribution in [3.63, 3.8) is 0 Å². The molecule has 108 valence electrons. The number of amides is 1. The van der Waals surface area contributed by atoms with Crippen LogP contribution in [0.5, 0.6) is 0 Å². The number of carboxylic acid groups (broad SMARTS) is 1. The number of carbonyl (C=O) groups is 2. The second-order valence-corrected chi connectivity index (χ2v) is 6.20. The van der Waals surface area contributed by atoms with Gasteiger partial charge in [-0.05, 0) is 37.5 Å². The van der Waals surface area contributed by atoms with Crippen LogP contribution in [-0.2, 0) is 9.59 Å². The minimum atomic E-state index is -0.808. The van der Waals surface area contributed by atoms with E-state index >= 15 is 0 Å². The Kier molecular flexibility index (Phi) is 4.48. The van der Waals surface area contributed by atoms with E-state index in [-0.39, 0.29) is 11.8 Å². The average Bonchev–Trinajstić information content (AvgIpc) is 2.94. The van der Waals surface area contributed by atoms with Crippen LogP contribution in [0.3, 0.4) is 0 Å². The highest BCUT2D eigenvalue weighted by Crippen LogP contribution is 2.40. The summed E-state index contributed by atoms with van der Waals surface area (Å²) >= 11 is 0. The van der Waals surface area contributed by atoms with E-state index in [0.717, 1.165) is 32.1 Å². The molecule has 4 nitrogen and oxygen atoms in total. The number of hydrogen-bond donors (Lipinski definition) is 2. The van der Waals surface area contributed by atoms with Crippen LogP contribution in [0.4, 0.5) is 0 Å². The normalized spacial score (nSPS) is 37.1. The largest absolute Gasteiger partial charge is 0.481 e. The lowest BCUT2D eigenvalue weighted by molar-refractivity contribution is -0.146. The molecule has 0 aromatic heterocycles. The van der Waals surface area contributed by atoms with Gasteiger partial charge in [0.15, 0.2) is 0 Å². The van der Waals surface area contributed by atoms with Crippen molar-refractivity contribution in [1.82, 2.24) is 5.32 Å². The molecule has 2 aliphatic carbocycles. The van der Waals surface area contributed by atoms with Crippen LogP contribution in [0, 0.1) is 23.7 Å². The van der Waals surface area contributed by atoms with Crippen LogP contribution in [0.2, 0.25) is 0 Å². The molecule has 0 spiro atoms. The van der Waals surface area contributed by atoms with Crippen molar-refractivity contribution in [1.29, 1.82) is 0 Å². The van der Waals surface area contributed by atoms with E-state index in [0.29, 0.717) is 24.3 Å². The fraction of sp³-hybridized carbons (Fsp3) is 0.867. The second kappa shape index (κ2) is 5.93. The summed E-state index contributed by atoms with van der Waals surface area (Å²) in [6.45, 7) is 4.22. The van der Waals surface area contributed by atoms with Crippen LogP contribution >= 0.6 is 0 Å². The van der Waals surface area contributed by atoms with Gasteiger partial charge in [0.25, 0.3) is 0 Å². The number of hydrogen-bond acceptors (Lipinski definition) is 2. The van der Waals surface area contributed by atoms with E-state index in [1.165, 1.54) is 0 Å². The SMILES string of the molecule is CCCC1CC1NC(=O)C1CC(CC)CC1C(=O)O. The Morgan fingerprint density at radius 2 is 1.84 bits per heavy atom. The Balaban J connectivity index is 1.89. The lowest BCUT2D eigenvalue weighted by atomic mass is 9.95. The molecule has 0 heterocycles. The Morgan fingerprint density at radius 3 is 2.42 bits per heavy atom. The fourth-order valence-corrected chi connectivity index (χ4v) is 3.44. The van der Waals surface area contributed by atoms with Crippen LogP contribution < -0.4 is 5.32 Å². The van der Waals surface area contributed by atoms with Crippen molar-refractivity contribution < 1.29 is 14.7 Å². The summed E-state index contributed by atoms with van der Waals surface area (Å²) in [6.07, 6.45) is 5.75. The van der Waals surface area contributed by atoms with Gasteiger partial charge < -0.3 is 10.4 Å². The third kappa shape index (κ3) is 3.28. The van der Waals surface area contributed by atoms with Crippen molar-refractivity contribution >= 4 is 11.9 Å². The topological polar surface area (TPSA) is 66.4 Å². The van der Waals surface area contributed by atoms with Gasteiger partial charge >= 0.3 is 5.97 Å². The lowest BCUT2D eigenvalue weighted by Crippen LogP contribution is -2.37. The molecule has 0 aromatic carbocycles. The standard InChI is InChI=1S/C15H25NO3/c1-3-5-10-8-13(10)16-14(17)11-6-9(4-2)7-12(11)15(18)19/h9-13H,3-8H2,1-2H3,(H,16,17)(H,18,19). The highest BCUT2D eigenvalue weighted by molar-refractivity contribution is 5.85. The van der Waals surface area contributed by atoms with Gasteiger partial charge in [-0.2, -0.15) is 0 Å². The highest BCUT2D eigenvalue weighted by atomic mass is 16.4. The summed E-state index contributed by atoms with van der Waals surface area (Å²) in [5.74, 6) is -0.606. The van der Waals surface area contributed by atoms with Crippen molar-refractivity contribution in [2.75, 3.05) is 0 Å². The molecule has 0 radical (unpaired) electrons. The van der Waals surface area contributed by atoms with E-state index in [4.69, 9.17) is 0 Å². The van der Waals surface area contributed by atoms with Gasteiger partial charge in [-0.3, -0.25) is 9.59 Å². The molecule has 1 amide bonds. The van der Waals surface area contributed by atoms with Gasteiger partial charge in [0.1, 0.15) is 0 Å². The van der Waals surface area contributed by atoms with Crippen LogP contribution in [0.15, 0.2) is 0 Å². The Morgan fingerprint density at radius 1 is 1.16 bits per heavy atom. The number of nitrogens with one attached hydrogen (secondary N) is 1. The zero-order valence-electron chi connectivity index (χ0n) is 11.9. The molecule has 19 heavy (non-hydrogen) atoms. The minimum absolute atomic E-state index is 0.0213. The summed E-state index contributed by atoms with van der Waals surface area (Å²) in [6, 6.07) is 0.308.